The average molecular weight is 219 g/mol. The van der Waals surface area contributed by atoms with Crippen molar-refractivity contribution in [3.63, 3.8) is 0 Å². The van der Waals surface area contributed by atoms with Gasteiger partial charge < -0.3 is 11.5 Å². The molecule has 16 heavy (non-hydrogen) atoms. The first kappa shape index (κ1) is 10.6. The van der Waals surface area contributed by atoms with E-state index in [-0.39, 0.29) is 18.2 Å². The molecule has 5 heteroatoms. The van der Waals surface area contributed by atoms with Crippen molar-refractivity contribution in [2.45, 2.75) is 19.4 Å². The summed E-state index contributed by atoms with van der Waals surface area (Å²) in [6.07, 6.45) is 0.207. The number of rotatable bonds is 1. The lowest BCUT2D eigenvalue weighted by Crippen LogP contribution is -2.43. The number of hydrogen-bond acceptors (Lipinski definition) is 4. The third kappa shape index (κ3) is 1.55. The van der Waals surface area contributed by atoms with Gasteiger partial charge in [0.15, 0.2) is 0 Å². The Morgan fingerprint density at radius 3 is 2.81 bits per heavy atom. The van der Waals surface area contributed by atoms with E-state index in [1.165, 1.54) is 0 Å². The van der Waals surface area contributed by atoms with E-state index >= 15 is 0 Å². The molecule has 0 saturated carbocycles. The molecule has 0 saturated heterocycles. The number of fused-ring (bicyclic) bond motifs is 1. The van der Waals surface area contributed by atoms with Gasteiger partial charge in [0.2, 0.25) is 11.8 Å². The standard InChI is InChI=1S/C11H13N3O2/c1-6(12)11(16)14-9-3-2-8(13)4-7(9)5-10(14)15/h2-4,6H,5,12-13H2,1H3. The van der Waals surface area contributed by atoms with Gasteiger partial charge in [0.1, 0.15) is 0 Å². The van der Waals surface area contributed by atoms with Crippen LogP contribution >= 0.6 is 0 Å². The quantitative estimate of drug-likeness (QED) is 0.652. The SMILES string of the molecule is CC(N)C(=O)N1C(=O)Cc2cc(N)ccc21. The first-order valence-corrected chi connectivity index (χ1v) is 5.01. The van der Waals surface area contributed by atoms with Crippen LogP contribution in [0, 0.1) is 0 Å². The van der Waals surface area contributed by atoms with E-state index in [0.29, 0.717) is 11.4 Å². The molecule has 1 heterocycles. The van der Waals surface area contributed by atoms with E-state index in [0.717, 1.165) is 10.5 Å². The second-order valence-corrected chi connectivity index (χ2v) is 3.92. The summed E-state index contributed by atoms with van der Waals surface area (Å²) in [5.41, 5.74) is 13.1. The average Bonchev–Trinajstić information content (AvgIpc) is 2.51. The monoisotopic (exact) mass is 219 g/mol. The maximum atomic E-state index is 11.8. The van der Waals surface area contributed by atoms with Crippen molar-refractivity contribution >= 4 is 23.2 Å². The smallest absolute Gasteiger partial charge is 0.250 e. The summed E-state index contributed by atoms with van der Waals surface area (Å²) in [4.78, 5) is 24.6. The van der Waals surface area contributed by atoms with E-state index in [1.54, 1.807) is 25.1 Å². The summed E-state index contributed by atoms with van der Waals surface area (Å²) < 4.78 is 0. The predicted octanol–water partition coefficient (Wildman–Crippen LogP) is 0.0317. The van der Waals surface area contributed by atoms with Gasteiger partial charge in [-0.25, -0.2) is 4.90 Å². The zero-order valence-electron chi connectivity index (χ0n) is 8.93. The van der Waals surface area contributed by atoms with E-state index in [4.69, 9.17) is 11.5 Å². The molecule has 1 unspecified atom stereocenters. The minimum atomic E-state index is -0.688. The highest BCUT2D eigenvalue weighted by atomic mass is 16.2. The molecule has 1 aromatic carbocycles. The van der Waals surface area contributed by atoms with E-state index < -0.39 is 6.04 Å². The van der Waals surface area contributed by atoms with Crippen LogP contribution in [0.2, 0.25) is 0 Å². The number of imide groups is 1. The molecule has 2 rings (SSSR count). The first-order chi connectivity index (χ1) is 7.50. The summed E-state index contributed by atoms with van der Waals surface area (Å²) in [5, 5.41) is 0. The van der Waals surface area contributed by atoms with Crippen LogP contribution in [-0.2, 0) is 16.0 Å². The van der Waals surface area contributed by atoms with Crippen LogP contribution in [0.3, 0.4) is 0 Å². The van der Waals surface area contributed by atoms with Crippen molar-refractivity contribution in [1.29, 1.82) is 0 Å². The minimum absolute atomic E-state index is 0.207. The fraction of sp³-hybridized carbons (Fsp3) is 0.273. The van der Waals surface area contributed by atoms with Gasteiger partial charge in [0.05, 0.1) is 18.2 Å². The third-order valence-electron chi connectivity index (χ3n) is 2.55. The van der Waals surface area contributed by atoms with Crippen LogP contribution in [0.15, 0.2) is 18.2 Å². The predicted molar refractivity (Wildman–Crippen MR) is 60.7 cm³/mol. The van der Waals surface area contributed by atoms with Crippen molar-refractivity contribution in [2.75, 3.05) is 10.6 Å². The van der Waals surface area contributed by atoms with Gasteiger partial charge >= 0.3 is 0 Å². The molecule has 0 aliphatic carbocycles. The number of nitrogen functional groups attached to an aromatic ring is 1. The lowest BCUT2D eigenvalue weighted by molar-refractivity contribution is -0.126. The van der Waals surface area contributed by atoms with Crippen molar-refractivity contribution in [3.05, 3.63) is 23.8 Å². The molecule has 0 bridgehead atoms. The summed E-state index contributed by atoms with van der Waals surface area (Å²) in [5.74, 6) is -0.628. The van der Waals surface area contributed by atoms with Crippen molar-refractivity contribution < 1.29 is 9.59 Å². The van der Waals surface area contributed by atoms with Crippen LogP contribution in [0.4, 0.5) is 11.4 Å². The molecule has 0 fully saturated rings. The normalized spacial score (nSPS) is 16.1. The van der Waals surface area contributed by atoms with Crippen molar-refractivity contribution in [2.24, 2.45) is 5.73 Å². The highest BCUT2D eigenvalue weighted by Gasteiger charge is 2.33. The molecule has 1 atom stereocenters. The fourth-order valence-corrected chi connectivity index (χ4v) is 1.79. The number of carbonyl (C=O) groups is 2. The van der Waals surface area contributed by atoms with Gasteiger partial charge in [0.25, 0.3) is 0 Å². The van der Waals surface area contributed by atoms with Crippen molar-refractivity contribution in [3.8, 4) is 0 Å². The van der Waals surface area contributed by atoms with Gasteiger partial charge in [-0.3, -0.25) is 9.59 Å². The first-order valence-electron chi connectivity index (χ1n) is 5.01. The van der Waals surface area contributed by atoms with Crippen molar-refractivity contribution in [1.82, 2.24) is 0 Å². The van der Waals surface area contributed by atoms with E-state index in [1.807, 2.05) is 0 Å². The third-order valence-corrected chi connectivity index (χ3v) is 2.55. The Labute approximate surface area is 93.0 Å². The van der Waals surface area contributed by atoms with Crippen LogP contribution in [0.25, 0.3) is 0 Å². The maximum absolute atomic E-state index is 11.8. The van der Waals surface area contributed by atoms with E-state index in [9.17, 15) is 9.59 Å². The number of amides is 2. The molecule has 4 N–H and O–H groups in total. The molecule has 0 aromatic heterocycles. The summed E-state index contributed by atoms with van der Waals surface area (Å²) in [7, 11) is 0. The van der Waals surface area contributed by atoms with Gasteiger partial charge in [0, 0.05) is 5.69 Å². The summed E-state index contributed by atoms with van der Waals surface area (Å²) >= 11 is 0. The second-order valence-electron chi connectivity index (χ2n) is 3.92. The molecule has 2 amide bonds. The number of hydrogen-bond donors (Lipinski definition) is 2. The van der Waals surface area contributed by atoms with Gasteiger partial charge in [-0.15, -0.1) is 0 Å². The number of carbonyl (C=O) groups excluding carboxylic acids is 2. The Hall–Kier alpha value is -1.88. The van der Waals surface area contributed by atoms with Gasteiger partial charge in [-0.1, -0.05) is 0 Å². The van der Waals surface area contributed by atoms with E-state index in [2.05, 4.69) is 0 Å². The number of nitrogens with zero attached hydrogens (tertiary/aromatic N) is 1. The minimum Gasteiger partial charge on any atom is -0.399 e. The van der Waals surface area contributed by atoms with Crippen LogP contribution in [0.5, 0.6) is 0 Å². The topological polar surface area (TPSA) is 89.4 Å². The lowest BCUT2D eigenvalue weighted by Gasteiger charge is -2.17. The van der Waals surface area contributed by atoms with Gasteiger partial charge in [-0.05, 0) is 30.7 Å². The van der Waals surface area contributed by atoms with Crippen LogP contribution in [-0.4, -0.2) is 17.9 Å². The molecule has 84 valence electrons. The maximum Gasteiger partial charge on any atom is 0.250 e. The number of anilines is 2. The largest absolute Gasteiger partial charge is 0.399 e. The highest BCUT2D eigenvalue weighted by Crippen LogP contribution is 2.30. The lowest BCUT2D eigenvalue weighted by atomic mass is 10.1. The van der Waals surface area contributed by atoms with Gasteiger partial charge in [-0.2, -0.15) is 0 Å². The Bertz CT molecular complexity index is 468. The molecule has 5 nitrogen and oxygen atoms in total. The zero-order chi connectivity index (χ0) is 11.9. The Morgan fingerprint density at radius 1 is 1.50 bits per heavy atom. The Kier molecular flexibility index (Phi) is 2.40. The fourth-order valence-electron chi connectivity index (χ4n) is 1.79. The number of nitrogens with two attached hydrogens (primary N) is 2. The number of benzene rings is 1. The Balaban J connectivity index is 2.44. The molecule has 1 aliphatic heterocycles. The molecule has 1 aliphatic rings. The molecular weight excluding hydrogens is 206 g/mol. The Morgan fingerprint density at radius 2 is 2.19 bits per heavy atom. The molecule has 0 spiro atoms. The zero-order valence-corrected chi connectivity index (χ0v) is 8.93. The van der Waals surface area contributed by atoms with Crippen LogP contribution in [0.1, 0.15) is 12.5 Å². The highest BCUT2D eigenvalue weighted by molar-refractivity contribution is 6.20. The molecular formula is C11H13N3O2. The summed E-state index contributed by atoms with van der Waals surface area (Å²) in [6, 6.07) is 4.36. The summed E-state index contributed by atoms with van der Waals surface area (Å²) in [6.45, 7) is 1.56. The second kappa shape index (κ2) is 3.61. The van der Waals surface area contributed by atoms with Crippen LogP contribution < -0.4 is 16.4 Å². The molecule has 1 aromatic rings. The molecule has 0 radical (unpaired) electrons.